The predicted molar refractivity (Wildman–Crippen MR) is 109 cm³/mol. The molecule has 2 aromatic rings. The van der Waals surface area contributed by atoms with E-state index in [1.54, 1.807) is 29.2 Å². The van der Waals surface area contributed by atoms with Crippen LogP contribution in [0, 0.1) is 5.82 Å². The molecule has 1 aliphatic rings. The molecule has 3 rings (SSSR count). The lowest BCUT2D eigenvalue weighted by Gasteiger charge is -2.34. The van der Waals surface area contributed by atoms with Crippen molar-refractivity contribution in [3.05, 3.63) is 64.4 Å². The lowest BCUT2D eigenvalue weighted by molar-refractivity contribution is -0.117. The normalized spacial score (nSPS) is 14.5. The minimum atomic E-state index is -0.606. The van der Waals surface area contributed by atoms with Crippen molar-refractivity contribution in [2.75, 3.05) is 38.0 Å². The molecule has 0 bridgehead atoms. The number of amides is 2. The lowest BCUT2D eigenvalue weighted by atomic mass is 10.1. The molecule has 1 saturated heterocycles. The van der Waals surface area contributed by atoms with Crippen LogP contribution in [0.2, 0.25) is 5.02 Å². The smallest absolute Gasteiger partial charge is 0.256 e. The number of nitrogens with zero attached hydrogens (tertiary/aromatic N) is 2. The molecule has 2 aromatic carbocycles. The minimum Gasteiger partial charge on any atom is -0.336 e. The highest BCUT2D eigenvalue weighted by atomic mass is 35.5. The molecule has 8 heteroatoms. The maximum Gasteiger partial charge on any atom is 0.256 e. The van der Waals surface area contributed by atoms with Gasteiger partial charge in [-0.1, -0.05) is 23.7 Å². The van der Waals surface area contributed by atoms with E-state index in [1.165, 1.54) is 25.1 Å². The maximum atomic E-state index is 13.9. The Balaban J connectivity index is 1.55. The highest BCUT2D eigenvalue weighted by Gasteiger charge is 2.25. The molecule has 1 N–H and O–H groups in total. The molecule has 0 aromatic heterocycles. The zero-order chi connectivity index (χ0) is 21.0. The van der Waals surface area contributed by atoms with Crippen LogP contribution < -0.4 is 5.32 Å². The molecule has 152 valence electrons. The van der Waals surface area contributed by atoms with Crippen molar-refractivity contribution in [3.8, 4) is 0 Å². The molecule has 1 heterocycles. The Bertz CT molecular complexity index is 943. The van der Waals surface area contributed by atoms with Gasteiger partial charge in [-0.05, 0) is 37.3 Å². The molecule has 0 radical (unpaired) electrons. The van der Waals surface area contributed by atoms with Crippen LogP contribution in [0.4, 0.5) is 10.1 Å². The predicted octanol–water partition coefficient (Wildman–Crippen LogP) is 3.08. The number of anilines is 1. The number of para-hydroxylation sites is 1. The number of nitrogens with one attached hydrogen (secondary N) is 1. The molecule has 0 aliphatic carbocycles. The maximum absolute atomic E-state index is 13.9. The van der Waals surface area contributed by atoms with E-state index < -0.39 is 11.7 Å². The van der Waals surface area contributed by atoms with Crippen LogP contribution in [-0.2, 0) is 4.79 Å². The summed E-state index contributed by atoms with van der Waals surface area (Å²) in [4.78, 5) is 40.0. The highest BCUT2D eigenvalue weighted by molar-refractivity contribution is 6.31. The molecule has 2 amide bonds. The average molecular weight is 418 g/mol. The number of carbonyl (C=O) groups excluding carboxylic acids is 3. The fraction of sp³-hybridized carbons (Fsp3) is 0.286. The van der Waals surface area contributed by atoms with Crippen molar-refractivity contribution in [3.63, 3.8) is 0 Å². The summed E-state index contributed by atoms with van der Waals surface area (Å²) in [7, 11) is 0. The van der Waals surface area contributed by atoms with E-state index >= 15 is 0 Å². The molecule has 0 saturated carbocycles. The molecular formula is C21H21ClFN3O3. The summed E-state index contributed by atoms with van der Waals surface area (Å²) in [5, 5.41) is 3.07. The Labute approximate surface area is 173 Å². The van der Waals surface area contributed by atoms with Crippen molar-refractivity contribution in [1.82, 2.24) is 9.80 Å². The standard InChI is InChI=1S/C21H21ClFN3O3/c1-14(27)16-4-2-3-5-19(16)24-20(28)13-25-8-10-26(11-9-25)21(29)17-12-15(22)6-7-18(17)23/h2-7,12H,8-11,13H2,1H3,(H,24,28). The summed E-state index contributed by atoms with van der Waals surface area (Å²) < 4.78 is 13.9. The Morgan fingerprint density at radius 2 is 1.72 bits per heavy atom. The second-order valence-corrected chi connectivity index (χ2v) is 7.28. The molecule has 1 fully saturated rings. The SMILES string of the molecule is CC(=O)c1ccccc1NC(=O)CN1CCN(C(=O)c2cc(Cl)ccc2F)CC1. The quantitative estimate of drug-likeness (QED) is 0.759. The summed E-state index contributed by atoms with van der Waals surface area (Å²) in [6.45, 7) is 3.30. The van der Waals surface area contributed by atoms with Gasteiger partial charge in [-0.15, -0.1) is 0 Å². The third kappa shape index (κ3) is 5.19. The fourth-order valence-corrected chi connectivity index (χ4v) is 3.40. The fourth-order valence-electron chi connectivity index (χ4n) is 3.23. The first-order chi connectivity index (χ1) is 13.8. The molecule has 0 unspecified atom stereocenters. The van der Waals surface area contributed by atoms with Gasteiger partial charge in [0.15, 0.2) is 5.78 Å². The zero-order valence-corrected chi connectivity index (χ0v) is 16.7. The van der Waals surface area contributed by atoms with E-state index in [4.69, 9.17) is 11.6 Å². The van der Waals surface area contributed by atoms with E-state index in [-0.39, 0.29) is 23.8 Å². The van der Waals surface area contributed by atoms with Gasteiger partial charge in [0, 0.05) is 36.8 Å². The van der Waals surface area contributed by atoms with Gasteiger partial charge in [-0.3, -0.25) is 19.3 Å². The summed E-state index contributed by atoms with van der Waals surface area (Å²) in [6, 6.07) is 10.7. The first-order valence-corrected chi connectivity index (χ1v) is 9.59. The van der Waals surface area contributed by atoms with E-state index in [1.807, 2.05) is 4.90 Å². The number of Topliss-reactive ketones (excluding diaryl/α,β-unsaturated/α-hetero) is 1. The average Bonchev–Trinajstić information content (AvgIpc) is 2.70. The number of piperazine rings is 1. The lowest BCUT2D eigenvalue weighted by Crippen LogP contribution is -2.50. The molecule has 0 spiro atoms. The van der Waals surface area contributed by atoms with Crippen molar-refractivity contribution in [1.29, 1.82) is 0 Å². The summed E-state index contributed by atoms with van der Waals surface area (Å²) in [5.41, 5.74) is 0.889. The third-order valence-electron chi connectivity index (χ3n) is 4.77. The topological polar surface area (TPSA) is 69.7 Å². The third-order valence-corrected chi connectivity index (χ3v) is 5.00. The second kappa shape index (κ2) is 9.15. The van der Waals surface area contributed by atoms with Gasteiger partial charge in [0.05, 0.1) is 17.8 Å². The number of ketones is 1. The van der Waals surface area contributed by atoms with Crippen LogP contribution >= 0.6 is 11.6 Å². The Hall–Kier alpha value is -2.77. The first kappa shape index (κ1) is 21.0. The van der Waals surface area contributed by atoms with E-state index in [0.29, 0.717) is 42.5 Å². The van der Waals surface area contributed by atoms with Crippen LogP contribution in [0.5, 0.6) is 0 Å². The minimum absolute atomic E-state index is 0.0514. The van der Waals surface area contributed by atoms with Gasteiger partial charge < -0.3 is 10.2 Å². The number of hydrogen-bond acceptors (Lipinski definition) is 4. The van der Waals surface area contributed by atoms with Crippen LogP contribution in [0.15, 0.2) is 42.5 Å². The highest BCUT2D eigenvalue weighted by Crippen LogP contribution is 2.18. The van der Waals surface area contributed by atoms with Crippen molar-refractivity contribution in [2.45, 2.75) is 6.92 Å². The number of benzene rings is 2. The molecule has 0 atom stereocenters. The summed E-state index contributed by atoms with van der Waals surface area (Å²) in [5.74, 6) is -1.38. The van der Waals surface area contributed by atoms with Crippen molar-refractivity contribution >= 4 is 34.9 Å². The van der Waals surface area contributed by atoms with Crippen molar-refractivity contribution < 1.29 is 18.8 Å². The molecule has 1 aliphatic heterocycles. The summed E-state index contributed by atoms with van der Waals surface area (Å²) >= 11 is 5.87. The van der Waals surface area contributed by atoms with Gasteiger partial charge in [0.1, 0.15) is 5.82 Å². The van der Waals surface area contributed by atoms with E-state index in [9.17, 15) is 18.8 Å². The zero-order valence-electron chi connectivity index (χ0n) is 16.0. The van der Waals surface area contributed by atoms with Crippen molar-refractivity contribution in [2.24, 2.45) is 0 Å². The molecule has 6 nitrogen and oxygen atoms in total. The number of halogens is 2. The van der Waals surface area contributed by atoms with Gasteiger partial charge in [0.2, 0.25) is 5.91 Å². The van der Waals surface area contributed by atoms with Gasteiger partial charge in [-0.25, -0.2) is 4.39 Å². The Kier molecular flexibility index (Phi) is 6.61. The monoisotopic (exact) mass is 417 g/mol. The van der Waals surface area contributed by atoms with Gasteiger partial charge in [0.25, 0.3) is 5.91 Å². The number of hydrogen-bond donors (Lipinski definition) is 1. The molecule has 29 heavy (non-hydrogen) atoms. The summed E-state index contributed by atoms with van der Waals surface area (Å²) in [6.07, 6.45) is 0. The van der Waals surface area contributed by atoms with E-state index in [0.717, 1.165) is 0 Å². The van der Waals surface area contributed by atoms with Crippen LogP contribution in [0.3, 0.4) is 0 Å². The van der Waals surface area contributed by atoms with Gasteiger partial charge in [-0.2, -0.15) is 0 Å². The van der Waals surface area contributed by atoms with Crippen LogP contribution in [0.1, 0.15) is 27.6 Å². The van der Waals surface area contributed by atoms with E-state index in [2.05, 4.69) is 5.32 Å². The largest absolute Gasteiger partial charge is 0.336 e. The number of carbonyl (C=O) groups is 3. The van der Waals surface area contributed by atoms with Crippen LogP contribution in [-0.4, -0.2) is 60.1 Å². The van der Waals surface area contributed by atoms with Crippen LogP contribution in [0.25, 0.3) is 0 Å². The number of rotatable bonds is 5. The van der Waals surface area contributed by atoms with Gasteiger partial charge >= 0.3 is 0 Å². The Morgan fingerprint density at radius 1 is 1.03 bits per heavy atom. The Morgan fingerprint density at radius 3 is 2.41 bits per heavy atom. The molecular weight excluding hydrogens is 397 g/mol. The second-order valence-electron chi connectivity index (χ2n) is 6.84. The first-order valence-electron chi connectivity index (χ1n) is 9.21.